The first-order chi connectivity index (χ1) is 13.6. The number of aliphatic hydroxyl groups is 1. The lowest BCUT2D eigenvalue weighted by molar-refractivity contribution is 0.181. The van der Waals surface area contributed by atoms with E-state index < -0.39 is 0 Å². The molecule has 144 valence electrons. The predicted molar refractivity (Wildman–Crippen MR) is 98.2 cm³/mol. The molecule has 0 spiro atoms. The highest BCUT2D eigenvalue weighted by Gasteiger charge is 2.20. The van der Waals surface area contributed by atoms with Gasteiger partial charge in [-0.1, -0.05) is 12.1 Å². The molecule has 4 rings (SSSR count). The van der Waals surface area contributed by atoms with E-state index >= 15 is 0 Å². The lowest BCUT2D eigenvalue weighted by Gasteiger charge is -2.05. The van der Waals surface area contributed by atoms with Gasteiger partial charge in [0.2, 0.25) is 0 Å². The van der Waals surface area contributed by atoms with Crippen molar-refractivity contribution in [1.82, 2.24) is 29.4 Å². The van der Waals surface area contributed by atoms with E-state index in [1.54, 1.807) is 19.2 Å². The number of halogens is 1. The third-order valence-electron chi connectivity index (χ3n) is 4.34. The topological polar surface area (TPSA) is 107 Å². The van der Waals surface area contributed by atoms with Crippen LogP contribution in [0, 0.1) is 5.82 Å². The minimum atomic E-state index is -0.361. The van der Waals surface area contributed by atoms with E-state index in [4.69, 9.17) is 9.84 Å². The van der Waals surface area contributed by atoms with Crippen LogP contribution in [0.2, 0.25) is 0 Å². The molecule has 0 amide bonds. The van der Waals surface area contributed by atoms with Crippen LogP contribution in [-0.4, -0.2) is 48.2 Å². The molecule has 0 aliphatic carbocycles. The zero-order valence-electron chi connectivity index (χ0n) is 15.0. The van der Waals surface area contributed by atoms with Gasteiger partial charge in [-0.2, -0.15) is 9.61 Å². The highest BCUT2D eigenvalue weighted by Crippen LogP contribution is 2.28. The molecule has 0 aliphatic heterocycles. The number of hydrogen-bond donors (Lipinski definition) is 1. The molecule has 0 fully saturated rings. The van der Waals surface area contributed by atoms with E-state index in [1.807, 2.05) is 0 Å². The van der Waals surface area contributed by atoms with Crippen molar-refractivity contribution in [2.45, 2.75) is 19.6 Å². The lowest BCUT2D eigenvalue weighted by atomic mass is 10.1. The van der Waals surface area contributed by atoms with Gasteiger partial charge in [0, 0.05) is 20.3 Å². The van der Waals surface area contributed by atoms with Gasteiger partial charge in [0.15, 0.2) is 16.8 Å². The highest BCUT2D eigenvalue weighted by molar-refractivity contribution is 5.83. The van der Waals surface area contributed by atoms with Crippen molar-refractivity contribution in [3.8, 4) is 11.1 Å². The van der Waals surface area contributed by atoms with E-state index in [0.717, 1.165) is 0 Å². The molecule has 1 aromatic carbocycles. The molecule has 0 radical (unpaired) electrons. The number of nitrogens with zero attached hydrogens (tertiary/aromatic N) is 6. The van der Waals surface area contributed by atoms with Crippen LogP contribution in [0.5, 0.6) is 0 Å². The summed E-state index contributed by atoms with van der Waals surface area (Å²) in [6.45, 7) is 0.494. The molecule has 10 heteroatoms. The minimum absolute atomic E-state index is 0.0320. The molecule has 3 heterocycles. The van der Waals surface area contributed by atoms with E-state index in [9.17, 15) is 9.18 Å². The largest absolute Gasteiger partial charge is 0.396 e. The standard InChI is InChI=1S/C18H17FN6O3/c1-28-9-13-14(11-3-5-12(19)6-4-11)16-22-21-15-17(25(16)23-13)20-10-24(18(15)27)7-2-8-26/h3-6,10,26H,2,7-9H2,1H3. The van der Waals surface area contributed by atoms with Crippen LogP contribution in [0.4, 0.5) is 4.39 Å². The van der Waals surface area contributed by atoms with Crippen molar-refractivity contribution in [2.24, 2.45) is 0 Å². The molecule has 9 nitrogen and oxygen atoms in total. The van der Waals surface area contributed by atoms with Crippen LogP contribution in [0.3, 0.4) is 0 Å². The molecule has 3 aromatic heterocycles. The van der Waals surface area contributed by atoms with Crippen LogP contribution < -0.4 is 5.56 Å². The van der Waals surface area contributed by atoms with Crippen LogP contribution in [0.25, 0.3) is 27.9 Å². The Kier molecular flexibility index (Phi) is 4.80. The molecule has 0 atom stereocenters. The van der Waals surface area contributed by atoms with Crippen LogP contribution in [-0.2, 0) is 17.9 Å². The van der Waals surface area contributed by atoms with Gasteiger partial charge < -0.3 is 9.84 Å². The summed E-state index contributed by atoms with van der Waals surface area (Å²) in [5.74, 6) is -0.352. The Bertz CT molecular complexity index is 1200. The third-order valence-corrected chi connectivity index (χ3v) is 4.34. The van der Waals surface area contributed by atoms with Crippen LogP contribution >= 0.6 is 0 Å². The first kappa shape index (κ1) is 18.1. The van der Waals surface area contributed by atoms with Gasteiger partial charge in [-0.15, -0.1) is 10.2 Å². The number of fused-ring (bicyclic) bond motifs is 3. The van der Waals surface area contributed by atoms with E-state index in [-0.39, 0.29) is 35.8 Å². The lowest BCUT2D eigenvalue weighted by Crippen LogP contribution is -2.23. The minimum Gasteiger partial charge on any atom is -0.396 e. The van der Waals surface area contributed by atoms with Gasteiger partial charge >= 0.3 is 0 Å². The van der Waals surface area contributed by atoms with Gasteiger partial charge in [0.05, 0.1) is 17.9 Å². The maximum atomic E-state index is 13.3. The average molecular weight is 384 g/mol. The van der Waals surface area contributed by atoms with Gasteiger partial charge in [-0.25, -0.2) is 9.37 Å². The number of rotatable bonds is 6. The monoisotopic (exact) mass is 384 g/mol. The van der Waals surface area contributed by atoms with E-state index in [0.29, 0.717) is 35.4 Å². The number of aromatic nitrogens is 6. The molecule has 0 saturated carbocycles. The fourth-order valence-corrected chi connectivity index (χ4v) is 3.05. The van der Waals surface area contributed by atoms with Crippen molar-refractivity contribution < 1.29 is 14.2 Å². The molecular weight excluding hydrogens is 367 g/mol. The molecule has 0 unspecified atom stereocenters. The third kappa shape index (κ3) is 3.02. The summed E-state index contributed by atoms with van der Waals surface area (Å²) in [6, 6.07) is 5.94. The second-order valence-electron chi connectivity index (χ2n) is 6.19. The molecule has 0 bridgehead atoms. The summed E-state index contributed by atoms with van der Waals surface area (Å²) in [4.78, 5) is 17.0. The van der Waals surface area contributed by atoms with Gasteiger partial charge in [0.25, 0.3) is 5.56 Å². The number of aliphatic hydroxyl groups excluding tert-OH is 1. The van der Waals surface area contributed by atoms with Gasteiger partial charge in [0.1, 0.15) is 12.1 Å². The fourth-order valence-electron chi connectivity index (χ4n) is 3.05. The van der Waals surface area contributed by atoms with E-state index in [2.05, 4.69) is 20.3 Å². The SMILES string of the molecule is COCc1nn2c(nnc3c(=O)n(CCCO)cnc32)c1-c1ccc(F)cc1. The van der Waals surface area contributed by atoms with Crippen molar-refractivity contribution in [3.63, 3.8) is 0 Å². The molecule has 4 aromatic rings. The second-order valence-corrected chi connectivity index (χ2v) is 6.19. The quantitative estimate of drug-likeness (QED) is 0.532. The maximum Gasteiger partial charge on any atom is 0.283 e. The maximum absolute atomic E-state index is 13.3. The number of benzene rings is 1. The Morgan fingerprint density at radius 1 is 1.18 bits per heavy atom. The van der Waals surface area contributed by atoms with Crippen molar-refractivity contribution in [2.75, 3.05) is 13.7 Å². The Labute approximate surface area is 158 Å². The summed E-state index contributed by atoms with van der Waals surface area (Å²) < 4.78 is 21.4. The number of methoxy groups -OCH3 is 1. The van der Waals surface area contributed by atoms with Crippen molar-refractivity contribution in [3.05, 3.63) is 52.5 Å². The summed E-state index contributed by atoms with van der Waals surface area (Å²) in [6.07, 6.45) is 1.83. The van der Waals surface area contributed by atoms with Crippen molar-refractivity contribution >= 4 is 16.8 Å². The Hall–Kier alpha value is -3.24. The normalized spacial score (nSPS) is 11.5. The first-order valence-electron chi connectivity index (χ1n) is 8.63. The summed E-state index contributed by atoms with van der Waals surface area (Å²) >= 11 is 0. The van der Waals surface area contributed by atoms with Crippen molar-refractivity contribution in [1.29, 1.82) is 0 Å². The molecule has 0 saturated heterocycles. The molecule has 28 heavy (non-hydrogen) atoms. The summed E-state index contributed by atoms with van der Waals surface area (Å²) in [5.41, 5.74) is 2.29. The first-order valence-corrected chi connectivity index (χ1v) is 8.63. The second kappa shape index (κ2) is 7.41. The smallest absolute Gasteiger partial charge is 0.283 e. The number of hydrogen-bond acceptors (Lipinski definition) is 7. The van der Waals surface area contributed by atoms with Gasteiger partial charge in [-0.3, -0.25) is 9.36 Å². The molecule has 1 N–H and O–H groups in total. The zero-order valence-corrected chi connectivity index (χ0v) is 15.0. The van der Waals surface area contributed by atoms with E-state index in [1.165, 1.54) is 27.5 Å². The zero-order chi connectivity index (χ0) is 19.7. The Balaban J connectivity index is 1.96. The highest BCUT2D eigenvalue weighted by atomic mass is 19.1. The van der Waals surface area contributed by atoms with Crippen LogP contribution in [0.15, 0.2) is 35.4 Å². The Morgan fingerprint density at radius 3 is 2.68 bits per heavy atom. The number of ether oxygens (including phenoxy) is 1. The fraction of sp³-hybridized carbons (Fsp3) is 0.278. The summed E-state index contributed by atoms with van der Waals surface area (Å²) in [5, 5.41) is 21.7. The predicted octanol–water partition coefficient (Wildman–Crippen LogP) is 1.17. The molecule has 0 aliphatic rings. The molecular formula is C18H17FN6O3. The van der Waals surface area contributed by atoms with Gasteiger partial charge in [-0.05, 0) is 24.1 Å². The Morgan fingerprint density at radius 2 is 1.96 bits per heavy atom. The van der Waals surface area contributed by atoms with Crippen LogP contribution in [0.1, 0.15) is 12.1 Å². The summed E-state index contributed by atoms with van der Waals surface area (Å²) in [7, 11) is 1.54. The number of aryl methyl sites for hydroxylation is 1. The average Bonchev–Trinajstić information content (AvgIpc) is 3.07.